The fraction of sp³-hybridized carbons (Fsp3) is 0.143. The van der Waals surface area contributed by atoms with Gasteiger partial charge in [0.2, 0.25) is 10.0 Å². The maximum absolute atomic E-state index is 11.1. The summed E-state index contributed by atoms with van der Waals surface area (Å²) in [4.78, 5) is 15.1. The standard InChI is InChI=1S/C14H15N3O4S/c15-22(20,21)11-5-3-10(4-6-11)7-9-17-13-12(14(18)19)2-1-8-16-13/h1-6,8H,7,9H2,(H,16,17)(H,18,19)(H2,15,20,21). The fourth-order valence-corrected chi connectivity index (χ4v) is 2.41. The summed E-state index contributed by atoms with van der Waals surface area (Å²) in [7, 11) is -3.69. The number of rotatable bonds is 6. The molecule has 0 unspecified atom stereocenters. The summed E-state index contributed by atoms with van der Waals surface area (Å²) >= 11 is 0. The Bertz CT molecular complexity index is 773. The van der Waals surface area contributed by atoms with Crippen LogP contribution < -0.4 is 10.5 Å². The number of sulfonamides is 1. The van der Waals surface area contributed by atoms with E-state index in [1.165, 1.54) is 24.4 Å². The molecular formula is C14H15N3O4S. The van der Waals surface area contributed by atoms with Crippen LogP contribution in [0.5, 0.6) is 0 Å². The van der Waals surface area contributed by atoms with E-state index in [4.69, 9.17) is 10.2 Å². The van der Waals surface area contributed by atoms with E-state index >= 15 is 0 Å². The van der Waals surface area contributed by atoms with E-state index in [0.29, 0.717) is 18.8 Å². The Labute approximate surface area is 127 Å². The largest absolute Gasteiger partial charge is 0.478 e. The molecule has 2 aromatic rings. The molecule has 1 aromatic heterocycles. The Morgan fingerprint density at radius 1 is 1.23 bits per heavy atom. The maximum Gasteiger partial charge on any atom is 0.339 e. The molecule has 1 aromatic carbocycles. The molecule has 0 bridgehead atoms. The van der Waals surface area contributed by atoms with Gasteiger partial charge in [-0.3, -0.25) is 0 Å². The van der Waals surface area contributed by atoms with Crippen LogP contribution in [-0.2, 0) is 16.4 Å². The van der Waals surface area contributed by atoms with Gasteiger partial charge in [-0.05, 0) is 36.2 Å². The van der Waals surface area contributed by atoms with Crippen molar-refractivity contribution in [3.8, 4) is 0 Å². The second kappa shape index (κ2) is 6.54. The molecule has 0 spiro atoms. The molecule has 2 rings (SSSR count). The summed E-state index contributed by atoms with van der Waals surface area (Å²) in [5.41, 5.74) is 1.000. The van der Waals surface area contributed by atoms with Gasteiger partial charge < -0.3 is 10.4 Å². The van der Waals surface area contributed by atoms with Crippen LogP contribution in [0.2, 0.25) is 0 Å². The number of carboxylic acids is 1. The summed E-state index contributed by atoms with van der Waals surface area (Å²) in [5.74, 6) is -0.746. The number of benzene rings is 1. The smallest absolute Gasteiger partial charge is 0.339 e. The minimum atomic E-state index is -3.69. The van der Waals surface area contributed by atoms with Gasteiger partial charge in [-0.1, -0.05) is 12.1 Å². The second-order valence-corrected chi connectivity index (χ2v) is 6.13. The van der Waals surface area contributed by atoms with E-state index in [9.17, 15) is 13.2 Å². The summed E-state index contributed by atoms with van der Waals surface area (Å²) < 4.78 is 22.3. The molecule has 8 heteroatoms. The predicted octanol–water partition coefficient (Wildman–Crippen LogP) is 1.08. The van der Waals surface area contributed by atoms with Crippen molar-refractivity contribution in [3.63, 3.8) is 0 Å². The Morgan fingerprint density at radius 2 is 1.91 bits per heavy atom. The third kappa shape index (κ3) is 4.03. The van der Waals surface area contributed by atoms with Crippen LogP contribution >= 0.6 is 0 Å². The Morgan fingerprint density at radius 3 is 2.50 bits per heavy atom. The summed E-state index contributed by atoms with van der Waals surface area (Å²) in [5, 5.41) is 17.0. The first kappa shape index (κ1) is 15.9. The number of carbonyl (C=O) groups is 1. The molecule has 4 N–H and O–H groups in total. The number of nitrogens with two attached hydrogens (primary N) is 1. The van der Waals surface area contributed by atoms with Gasteiger partial charge in [-0.15, -0.1) is 0 Å². The Kier molecular flexibility index (Phi) is 4.74. The second-order valence-electron chi connectivity index (χ2n) is 4.57. The highest BCUT2D eigenvalue weighted by Gasteiger charge is 2.10. The number of nitrogens with zero attached hydrogens (tertiary/aromatic N) is 1. The van der Waals surface area contributed by atoms with Gasteiger partial charge >= 0.3 is 5.97 Å². The number of aromatic carboxylic acids is 1. The van der Waals surface area contributed by atoms with Gasteiger partial charge in [0.15, 0.2) is 0 Å². The molecular weight excluding hydrogens is 306 g/mol. The first-order chi connectivity index (χ1) is 10.4. The zero-order chi connectivity index (χ0) is 16.2. The van der Waals surface area contributed by atoms with Crippen LogP contribution in [-0.4, -0.2) is 31.0 Å². The van der Waals surface area contributed by atoms with Crippen molar-refractivity contribution in [1.29, 1.82) is 0 Å². The molecule has 0 radical (unpaired) electrons. The van der Waals surface area contributed by atoms with Gasteiger partial charge in [0.25, 0.3) is 0 Å². The number of primary sulfonamides is 1. The summed E-state index contributed by atoms with van der Waals surface area (Å²) in [6.07, 6.45) is 2.09. The average molecular weight is 321 g/mol. The van der Waals surface area contributed by atoms with Crippen LogP contribution in [0, 0.1) is 0 Å². The van der Waals surface area contributed by atoms with Crippen LogP contribution in [0.4, 0.5) is 5.82 Å². The van der Waals surface area contributed by atoms with Gasteiger partial charge in [0, 0.05) is 12.7 Å². The SMILES string of the molecule is NS(=O)(=O)c1ccc(CCNc2ncccc2C(=O)O)cc1. The quantitative estimate of drug-likeness (QED) is 0.732. The molecule has 0 saturated heterocycles. The zero-order valence-corrected chi connectivity index (χ0v) is 12.4. The van der Waals surface area contributed by atoms with Gasteiger partial charge in [-0.25, -0.2) is 23.3 Å². The third-order valence-electron chi connectivity index (χ3n) is 3.00. The van der Waals surface area contributed by atoms with Crippen molar-refractivity contribution < 1.29 is 18.3 Å². The van der Waals surface area contributed by atoms with Crippen LogP contribution in [0.3, 0.4) is 0 Å². The number of pyridine rings is 1. The third-order valence-corrected chi connectivity index (χ3v) is 3.93. The lowest BCUT2D eigenvalue weighted by molar-refractivity contribution is 0.0697. The first-order valence-electron chi connectivity index (χ1n) is 6.42. The molecule has 22 heavy (non-hydrogen) atoms. The number of aromatic nitrogens is 1. The minimum absolute atomic E-state index is 0.0575. The highest BCUT2D eigenvalue weighted by Crippen LogP contribution is 2.12. The van der Waals surface area contributed by atoms with Crippen molar-refractivity contribution in [2.24, 2.45) is 5.14 Å². The molecule has 0 amide bonds. The van der Waals surface area contributed by atoms with Crippen LogP contribution in [0.25, 0.3) is 0 Å². The number of nitrogens with one attached hydrogen (secondary N) is 1. The summed E-state index contributed by atoms with van der Waals surface area (Å²) in [6.45, 7) is 0.464. The molecule has 0 atom stereocenters. The molecule has 116 valence electrons. The van der Waals surface area contributed by atoms with Gasteiger partial charge in [-0.2, -0.15) is 0 Å². The molecule has 1 heterocycles. The lowest BCUT2D eigenvalue weighted by atomic mass is 10.1. The maximum atomic E-state index is 11.1. The average Bonchev–Trinajstić information content (AvgIpc) is 2.47. The predicted molar refractivity (Wildman–Crippen MR) is 81.2 cm³/mol. The van der Waals surface area contributed by atoms with Crippen LogP contribution in [0.1, 0.15) is 15.9 Å². The number of anilines is 1. The molecule has 7 nitrogen and oxygen atoms in total. The van der Waals surface area contributed by atoms with E-state index in [1.54, 1.807) is 18.2 Å². The highest BCUT2D eigenvalue weighted by atomic mass is 32.2. The summed E-state index contributed by atoms with van der Waals surface area (Å²) in [6, 6.07) is 9.23. The monoisotopic (exact) mass is 321 g/mol. The van der Waals surface area contributed by atoms with Gasteiger partial charge in [0.1, 0.15) is 11.4 Å². The van der Waals surface area contributed by atoms with Crippen molar-refractivity contribution in [1.82, 2.24) is 4.98 Å². The molecule has 0 saturated carbocycles. The van der Waals surface area contributed by atoms with Crippen molar-refractivity contribution >= 4 is 21.8 Å². The molecule has 0 aliphatic carbocycles. The van der Waals surface area contributed by atoms with Gasteiger partial charge in [0.05, 0.1) is 4.90 Å². The van der Waals surface area contributed by atoms with Crippen molar-refractivity contribution in [2.75, 3.05) is 11.9 Å². The first-order valence-corrected chi connectivity index (χ1v) is 7.96. The lowest BCUT2D eigenvalue weighted by Gasteiger charge is -2.08. The number of carboxylic acid groups (broad SMARTS) is 1. The van der Waals surface area contributed by atoms with E-state index in [1.807, 2.05) is 0 Å². The van der Waals surface area contributed by atoms with E-state index < -0.39 is 16.0 Å². The number of hydrogen-bond donors (Lipinski definition) is 3. The van der Waals surface area contributed by atoms with E-state index in [0.717, 1.165) is 5.56 Å². The zero-order valence-electron chi connectivity index (χ0n) is 11.6. The normalized spacial score (nSPS) is 11.1. The van der Waals surface area contributed by atoms with E-state index in [2.05, 4.69) is 10.3 Å². The van der Waals surface area contributed by atoms with Crippen molar-refractivity contribution in [2.45, 2.75) is 11.3 Å². The number of hydrogen-bond acceptors (Lipinski definition) is 5. The molecule has 0 aliphatic rings. The Hall–Kier alpha value is -2.45. The fourth-order valence-electron chi connectivity index (χ4n) is 1.89. The van der Waals surface area contributed by atoms with Crippen molar-refractivity contribution in [3.05, 3.63) is 53.7 Å². The highest BCUT2D eigenvalue weighted by molar-refractivity contribution is 7.89. The van der Waals surface area contributed by atoms with E-state index in [-0.39, 0.29) is 10.5 Å². The Balaban J connectivity index is 1.99. The minimum Gasteiger partial charge on any atom is -0.478 e. The van der Waals surface area contributed by atoms with Crippen LogP contribution in [0.15, 0.2) is 47.5 Å². The lowest BCUT2D eigenvalue weighted by Crippen LogP contribution is -2.13. The topological polar surface area (TPSA) is 122 Å². The molecule has 0 aliphatic heterocycles. The molecule has 0 fully saturated rings.